The molecule has 0 atom stereocenters. The van der Waals surface area contributed by atoms with Crippen molar-refractivity contribution in [3.63, 3.8) is 0 Å². The third kappa shape index (κ3) is 5.56. The predicted octanol–water partition coefficient (Wildman–Crippen LogP) is 4.15. The number of hydrogen-bond acceptors (Lipinski definition) is 5. The summed E-state index contributed by atoms with van der Waals surface area (Å²) in [6, 6.07) is 18.1. The van der Waals surface area contributed by atoms with E-state index in [4.69, 9.17) is 5.10 Å². The Morgan fingerprint density at radius 1 is 1.08 bits per heavy atom. The van der Waals surface area contributed by atoms with Gasteiger partial charge in [-0.15, -0.1) is 0 Å². The Morgan fingerprint density at radius 3 is 2.47 bits per heavy atom. The molecule has 0 unspecified atom stereocenters. The average molecular weight is 504 g/mol. The molecule has 186 valence electrons. The molecule has 1 saturated heterocycles. The first-order chi connectivity index (χ1) is 17.4. The van der Waals surface area contributed by atoms with Crippen LogP contribution in [0.2, 0.25) is 0 Å². The lowest BCUT2D eigenvalue weighted by atomic mass is 10.1. The van der Waals surface area contributed by atoms with Crippen LogP contribution in [0.5, 0.6) is 0 Å². The maximum absolute atomic E-state index is 13.4. The molecule has 8 nitrogen and oxygen atoms in total. The zero-order valence-corrected chi connectivity index (χ0v) is 21.0. The molecule has 4 rings (SSSR count). The second kappa shape index (κ2) is 11.3. The number of benzene rings is 2. The molecule has 1 fully saturated rings. The number of carbonyl (C=O) groups excluding carboxylic acids is 1. The van der Waals surface area contributed by atoms with Gasteiger partial charge in [-0.3, -0.25) is 4.79 Å². The third-order valence-corrected chi connectivity index (χ3v) is 7.97. The van der Waals surface area contributed by atoms with Gasteiger partial charge in [0.1, 0.15) is 17.3 Å². The maximum Gasteiger partial charge on any atom is 0.261 e. The van der Waals surface area contributed by atoms with Gasteiger partial charge in [-0.1, -0.05) is 43.2 Å². The Kier molecular flexibility index (Phi) is 7.98. The molecule has 0 aliphatic carbocycles. The zero-order chi connectivity index (χ0) is 25.5. The molecule has 0 bridgehead atoms. The summed E-state index contributed by atoms with van der Waals surface area (Å²) in [5.41, 5.74) is 2.33. The van der Waals surface area contributed by atoms with E-state index in [1.54, 1.807) is 46.4 Å². The highest BCUT2D eigenvalue weighted by atomic mass is 32.2. The van der Waals surface area contributed by atoms with Crippen LogP contribution in [0, 0.1) is 11.3 Å². The fourth-order valence-electron chi connectivity index (χ4n) is 4.23. The van der Waals surface area contributed by atoms with Gasteiger partial charge in [-0.25, -0.2) is 13.1 Å². The lowest BCUT2D eigenvalue weighted by molar-refractivity contribution is -0.116. The Hall–Kier alpha value is -3.74. The van der Waals surface area contributed by atoms with E-state index >= 15 is 0 Å². The van der Waals surface area contributed by atoms with Crippen molar-refractivity contribution in [2.45, 2.75) is 37.5 Å². The van der Waals surface area contributed by atoms with Gasteiger partial charge in [0.15, 0.2) is 0 Å². The lowest BCUT2D eigenvalue weighted by Crippen LogP contribution is -2.31. The van der Waals surface area contributed by atoms with E-state index in [0.717, 1.165) is 31.4 Å². The average Bonchev–Trinajstić information content (AvgIpc) is 3.11. The van der Waals surface area contributed by atoms with Crippen LogP contribution in [0.3, 0.4) is 0 Å². The van der Waals surface area contributed by atoms with E-state index in [1.807, 2.05) is 36.4 Å². The van der Waals surface area contributed by atoms with Gasteiger partial charge >= 0.3 is 0 Å². The van der Waals surface area contributed by atoms with Crippen LogP contribution in [0.4, 0.5) is 0 Å². The van der Waals surface area contributed by atoms with Crippen LogP contribution in [0.1, 0.15) is 38.2 Å². The summed E-state index contributed by atoms with van der Waals surface area (Å²) in [5, 5.41) is 17.0. The number of rotatable bonds is 7. The summed E-state index contributed by atoms with van der Waals surface area (Å²) in [4.78, 5) is 12.6. The molecule has 1 amide bonds. The number of nitrogens with zero attached hydrogens (tertiary/aromatic N) is 4. The first-order valence-corrected chi connectivity index (χ1v) is 13.5. The van der Waals surface area contributed by atoms with Crippen LogP contribution in [-0.2, 0) is 14.8 Å². The molecule has 1 aromatic heterocycles. The Balaban J connectivity index is 1.81. The van der Waals surface area contributed by atoms with E-state index in [1.165, 1.54) is 6.08 Å². The smallest absolute Gasteiger partial charge is 0.261 e. The van der Waals surface area contributed by atoms with Gasteiger partial charge < -0.3 is 5.32 Å². The van der Waals surface area contributed by atoms with E-state index in [0.29, 0.717) is 36.5 Å². The maximum atomic E-state index is 13.4. The van der Waals surface area contributed by atoms with Gasteiger partial charge in [0.25, 0.3) is 5.91 Å². The van der Waals surface area contributed by atoms with Crippen LogP contribution >= 0.6 is 0 Å². The minimum Gasteiger partial charge on any atom is -0.352 e. The molecule has 2 heterocycles. The normalized spacial score (nSPS) is 15.2. The second-order valence-corrected chi connectivity index (χ2v) is 10.5. The molecule has 3 aromatic rings. The van der Waals surface area contributed by atoms with Gasteiger partial charge in [0, 0.05) is 37.0 Å². The largest absolute Gasteiger partial charge is 0.352 e. The molecule has 1 N–H and O–H groups in total. The number of aromatic nitrogens is 2. The summed E-state index contributed by atoms with van der Waals surface area (Å²) in [6.45, 7) is 3.20. The number of hydrogen-bond donors (Lipinski definition) is 1. The first kappa shape index (κ1) is 25.4. The number of likely N-dealkylation sites (N-methyl/N-ethyl adjacent to an activating group) is 1. The number of nitriles is 1. The molecule has 2 aromatic carbocycles. The van der Waals surface area contributed by atoms with Crippen molar-refractivity contribution in [1.82, 2.24) is 19.4 Å². The number of para-hydroxylation sites is 1. The van der Waals surface area contributed by atoms with Gasteiger partial charge in [-0.05, 0) is 50.1 Å². The summed E-state index contributed by atoms with van der Waals surface area (Å²) < 4.78 is 30.0. The van der Waals surface area contributed by atoms with Crippen molar-refractivity contribution in [1.29, 1.82) is 5.26 Å². The molecule has 9 heteroatoms. The minimum absolute atomic E-state index is 0.0564. The Labute approximate surface area is 211 Å². The monoisotopic (exact) mass is 503 g/mol. The van der Waals surface area contributed by atoms with Crippen molar-refractivity contribution in [3.05, 3.63) is 71.9 Å². The summed E-state index contributed by atoms with van der Waals surface area (Å²) in [7, 11) is -3.66. The zero-order valence-electron chi connectivity index (χ0n) is 20.2. The van der Waals surface area contributed by atoms with Crippen molar-refractivity contribution >= 4 is 22.0 Å². The molecule has 0 spiro atoms. The first-order valence-electron chi connectivity index (χ1n) is 12.1. The number of sulfonamides is 1. The fraction of sp³-hybridized carbons (Fsp3) is 0.296. The van der Waals surface area contributed by atoms with Crippen molar-refractivity contribution in [2.24, 2.45) is 0 Å². The van der Waals surface area contributed by atoms with E-state index in [2.05, 4.69) is 5.32 Å². The standard InChI is InChI=1S/C27H29N5O3S/c1-2-29-27(33)22(19-28)17-23-20-32(24-12-6-5-7-13-24)30-26(23)21-11-10-14-25(18-21)36(34,35)31-15-8-3-4-9-16-31/h5-7,10-14,17-18,20H,2-4,8-9,15-16H2,1H3,(H,29,33). The topological polar surface area (TPSA) is 108 Å². The van der Waals surface area contributed by atoms with E-state index < -0.39 is 15.9 Å². The molecule has 1 aliphatic rings. The number of nitrogens with one attached hydrogen (secondary N) is 1. The second-order valence-electron chi connectivity index (χ2n) is 8.59. The predicted molar refractivity (Wildman–Crippen MR) is 139 cm³/mol. The Morgan fingerprint density at radius 2 is 1.81 bits per heavy atom. The molecule has 0 saturated carbocycles. The van der Waals surface area contributed by atoms with Gasteiger partial charge in [0.2, 0.25) is 10.0 Å². The Bertz CT molecular complexity index is 1400. The summed E-state index contributed by atoms with van der Waals surface area (Å²) >= 11 is 0. The molecular formula is C27H29N5O3S. The van der Waals surface area contributed by atoms with E-state index in [9.17, 15) is 18.5 Å². The SMILES string of the molecule is CCNC(=O)C(C#N)=Cc1cn(-c2ccccc2)nc1-c1cccc(S(=O)(=O)N2CCCCCC2)c1. The summed E-state index contributed by atoms with van der Waals surface area (Å²) in [6.07, 6.45) is 7.00. The van der Waals surface area contributed by atoms with Crippen LogP contribution in [0.25, 0.3) is 23.0 Å². The van der Waals surface area contributed by atoms with Crippen molar-refractivity contribution in [3.8, 4) is 23.0 Å². The quantitative estimate of drug-likeness (QED) is 0.385. The fourth-order valence-corrected chi connectivity index (χ4v) is 5.79. The molecule has 36 heavy (non-hydrogen) atoms. The molecule has 1 aliphatic heterocycles. The van der Waals surface area contributed by atoms with Gasteiger partial charge in [-0.2, -0.15) is 14.7 Å². The highest BCUT2D eigenvalue weighted by molar-refractivity contribution is 7.89. The van der Waals surface area contributed by atoms with E-state index in [-0.39, 0.29) is 10.5 Å². The molecular weight excluding hydrogens is 474 g/mol. The van der Waals surface area contributed by atoms with Crippen LogP contribution < -0.4 is 5.32 Å². The third-order valence-electron chi connectivity index (χ3n) is 6.08. The van der Waals surface area contributed by atoms with Crippen molar-refractivity contribution in [2.75, 3.05) is 19.6 Å². The van der Waals surface area contributed by atoms with Gasteiger partial charge in [0.05, 0.1) is 10.6 Å². The number of amides is 1. The number of carbonyl (C=O) groups is 1. The van der Waals surface area contributed by atoms with Crippen LogP contribution in [-0.4, -0.2) is 48.0 Å². The van der Waals surface area contributed by atoms with Crippen LogP contribution in [0.15, 0.2) is 71.3 Å². The highest BCUT2D eigenvalue weighted by Crippen LogP contribution is 2.29. The minimum atomic E-state index is -3.66. The lowest BCUT2D eigenvalue weighted by Gasteiger charge is -2.20. The van der Waals surface area contributed by atoms with Crippen molar-refractivity contribution < 1.29 is 13.2 Å². The summed E-state index contributed by atoms with van der Waals surface area (Å²) in [5.74, 6) is -0.476. The molecule has 0 radical (unpaired) electrons. The highest BCUT2D eigenvalue weighted by Gasteiger charge is 2.26.